The molecular formula is C21H19N7O8. The summed E-state index contributed by atoms with van der Waals surface area (Å²) in [5.74, 6) is -5.67. The van der Waals surface area contributed by atoms with Crippen molar-refractivity contribution in [1.29, 1.82) is 0 Å². The van der Waals surface area contributed by atoms with Crippen LogP contribution in [0.5, 0.6) is 0 Å². The molecule has 0 spiro atoms. The van der Waals surface area contributed by atoms with Gasteiger partial charge in [-0.25, -0.2) is 19.2 Å². The summed E-state index contributed by atoms with van der Waals surface area (Å²) in [5.41, 5.74) is 4.42. The van der Waals surface area contributed by atoms with E-state index < -0.39 is 23.9 Å². The summed E-state index contributed by atoms with van der Waals surface area (Å²) in [6, 6.07) is 6.67. The van der Waals surface area contributed by atoms with Crippen molar-refractivity contribution in [3.05, 3.63) is 58.7 Å². The van der Waals surface area contributed by atoms with Crippen LogP contribution in [-0.2, 0) is 0 Å². The normalized spacial score (nSPS) is 10.4. The molecule has 2 aromatic carbocycles. The maximum Gasteiger partial charge on any atom is 0.335 e. The lowest BCUT2D eigenvalue weighted by atomic mass is 10.1. The molecule has 9 N–H and O–H groups in total. The van der Waals surface area contributed by atoms with E-state index >= 15 is 0 Å². The van der Waals surface area contributed by atoms with E-state index in [0.717, 1.165) is 12.1 Å². The molecular weight excluding hydrogens is 478 g/mol. The van der Waals surface area contributed by atoms with E-state index in [2.05, 4.69) is 30.9 Å². The van der Waals surface area contributed by atoms with Gasteiger partial charge in [0, 0.05) is 24.5 Å². The predicted molar refractivity (Wildman–Crippen MR) is 125 cm³/mol. The standard InChI is InChI=1S/C21H19N7O8/c22-1-2-23-19-26-20(24-13-5-9(15(29)30)3-10(6-13)16(31)32)28-21(27-19)25-14-7-11(17(33)34)4-12(8-14)18(35)36/h3-8H,1-2,22H2,(H,29,30)(H,31,32)(H,33,34)(H,35,36)(H3,23,24,25,26,27,28). The number of aromatic carboxylic acids is 4. The highest BCUT2D eigenvalue weighted by Gasteiger charge is 2.15. The van der Waals surface area contributed by atoms with Crippen LogP contribution in [0.3, 0.4) is 0 Å². The molecule has 0 radical (unpaired) electrons. The lowest BCUT2D eigenvalue weighted by molar-refractivity contribution is 0.0676. The maximum atomic E-state index is 11.4. The second-order valence-corrected chi connectivity index (χ2v) is 7.09. The van der Waals surface area contributed by atoms with E-state index in [4.69, 9.17) is 5.73 Å². The fourth-order valence-electron chi connectivity index (χ4n) is 2.90. The van der Waals surface area contributed by atoms with Gasteiger partial charge in [-0.2, -0.15) is 15.0 Å². The van der Waals surface area contributed by atoms with Gasteiger partial charge in [-0.1, -0.05) is 0 Å². The van der Waals surface area contributed by atoms with Crippen molar-refractivity contribution >= 4 is 53.1 Å². The van der Waals surface area contributed by atoms with Crippen LogP contribution in [0, 0.1) is 0 Å². The van der Waals surface area contributed by atoms with Gasteiger partial charge in [0.2, 0.25) is 17.8 Å². The first kappa shape index (κ1) is 25.3. The van der Waals surface area contributed by atoms with Crippen molar-refractivity contribution in [2.24, 2.45) is 5.73 Å². The second kappa shape index (κ2) is 10.7. The highest BCUT2D eigenvalue weighted by atomic mass is 16.4. The number of nitrogens with zero attached hydrogens (tertiary/aromatic N) is 3. The molecule has 0 aliphatic heterocycles. The molecule has 0 atom stereocenters. The Morgan fingerprint density at radius 1 is 0.611 bits per heavy atom. The minimum Gasteiger partial charge on any atom is -0.478 e. The van der Waals surface area contributed by atoms with Crippen LogP contribution in [0.4, 0.5) is 29.2 Å². The van der Waals surface area contributed by atoms with Crippen molar-refractivity contribution in [2.45, 2.75) is 0 Å². The number of nitrogens with one attached hydrogen (secondary N) is 3. The topological polar surface area (TPSA) is 250 Å². The maximum absolute atomic E-state index is 11.4. The third kappa shape index (κ3) is 6.39. The molecule has 3 aromatic rings. The monoisotopic (exact) mass is 497 g/mol. The Morgan fingerprint density at radius 2 is 0.944 bits per heavy atom. The number of rotatable bonds is 11. The molecule has 3 rings (SSSR count). The number of nitrogens with two attached hydrogens (primary N) is 1. The van der Waals surface area contributed by atoms with E-state index in [-0.39, 0.29) is 64.6 Å². The minimum absolute atomic E-state index is 0.0149. The Labute approximate surface area is 201 Å². The van der Waals surface area contributed by atoms with Crippen LogP contribution in [0.15, 0.2) is 36.4 Å². The van der Waals surface area contributed by atoms with Gasteiger partial charge in [-0.15, -0.1) is 0 Å². The van der Waals surface area contributed by atoms with Crippen LogP contribution in [0.25, 0.3) is 0 Å². The summed E-state index contributed by atoms with van der Waals surface area (Å²) in [6.07, 6.45) is 0. The second-order valence-electron chi connectivity index (χ2n) is 7.09. The largest absolute Gasteiger partial charge is 0.478 e. The lowest BCUT2D eigenvalue weighted by Gasteiger charge is -2.12. The molecule has 0 saturated heterocycles. The lowest BCUT2D eigenvalue weighted by Crippen LogP contribution is -2.16. The quantitative estimate of drug-likeness (QED) is 0.187. The minimum atomic E-state index is -1.35. The Balaban J connectivity index is 2.02. The number of carboxylic acids is 4. The first-order valence-corrected chi connectivity index (χ1v) is 10.0. The van der Waals surface area contributed by atoms with Gasteiger partial charge in [-0.05, 0) is 36.4 Å². The van der Waals surface area contributed by atoms with Crippen molar-refractivity contribution in [1.82, 2.24) is 15.0 Å². The van der Waals surface area contributed by atoms with Gasteiger partial charge in [0.25, 0.3) is 0 Å². The van der Waals surface area contributed by atoms with Crippen molar-refractivity contribution < 1.29 is 39.6 Å². The number of carbonyl (C=O) groups is 4. The molecule has 0 aliphatic carbocycles. The third-order valence-corrected chi connectivity index (χ3v) is 4.43. The molecule has 0 fully saturated rings. The van der Waals surface area contributed by atoms with Crippen LogP contribution < -0.4 is 21.7 Å². The predicted octanol–water partition coefficient (Wildman–Crippen LogP) is 1.52. The van der Waals surface area contributed by atoms with Gasteiger partial charge in [0.05, 0.1) is 22.3 Å². The van der Waals surface area contributed by atoms with Gasteiger partial charge in [-0.3, -0.25) is 0 Å². The summed E-state index contributed by atoms with van der Waals surface area (Å²) in [5, 5.41) is 45.3. The SMILES string of the molecule is NCCNc1nc(Nc2cc(C(=O)O)cc(C(=O)O)c2)nc(Nc2cc(C(=O)O)cc(C(=O)O)c2)n1. The summed E-state index contributed by atoms with van der Waals surface area (Å²) in [6.45, 7) is 0.487. The molecule has 36 heavy (non-hydrogen) atoms. The summed E-state index contributed by atoms with van der Waals surface area (Å²) < 4.78 is 0. The molecule has 0 bridgehead atoms. The average molecular weight is 497 g/mol. The zero-order valence-electron chi connectivity index (χ0n) is 18.2. The highest BCUT2D eigenvalue weighted by Crippen LogP contribution is 2.23. The first-order chi connectivity index (χ1) is 17.0. The number of hydrogen-bond acceptors (Lipinski definition) is 11. The first-order valence-electron chi connectivity index (χ1n) is 10.0. The molecule has 186 valence electrons. The van der Waals surface area contributed by atoms with E-state index in [9.17, 15) is 39.6 Å². The van der Waals surface area contributed by atoms with Gasteiger partial charge in [0.15, 0.2) is 0 Å². The molecule has 15 nitrogen and oxygen atoms in total. The number of benzene rings is 2. The van der Waals surface area contributed by atoms with E-state index in [1.807, 2.05) is 0 Å². The molecule has 15 heteroatoms. The zero-order valence-corrected chi connectivity index (χ0v) is 18.2. The summed E-state index contributed by atoms with van der Waals surface area (Å²) in [7, 11) is 0. The fraction of sp³-hybridized carbons (Fsp3) is 0.0952. The molecule has 0 amide bonds. The van der Waals surface area contributed by atoms with Crippen molar-refractivity contribution in [2.75, 3.05) is 29.0 Å². The van der Waals surface area contributed by atoms with Gasteiger partial charge >= 0.3 is 23.9 Å². The van der Waals surface area contributed by atoms with Gasteiger partial charge < -0.3 is 42.1 Å². The Hall–Kier alpha value is -5.31. The third-order valence-electron chi connectivity index (χ3n) is 4.43. The molecule has 0 saturated carbocycles. The summed E-state index contributed by atoms with van der Waals surface area (Å²) >= 11 is 0. The van der Waals surface area contributed by atoms with E-state index in [1.54, 1.807) is 0 Å². The Bertz CT molecular complexity index is 1200. The van der Waals surface area contributed by atoms with Crippen LogP contribution in [0.1, 0.15) is 41.4 Å². The Kier molecular flexibility index (Phi) is 7.56. The summed E-state index contributed by atoms with van der Waals surface area (Å²) in [4.78, 5) is 57.9. The number of carboxylic acid groups (broad SMARTS) is 4. The Morgan fingerprint density at radius 3 is 1.25 bits per heavy atom. The highest BCUT2D eigenvalue weighted by molar-refractivity contribution is 5.96. The van der Waals surface area contributed by atoms with E-state index in [1.165, 1.54) is 24.3 Å². The van der Waals surface area contributed by atoms with Crippen LogP contribution in [0.2, 0.25) is 0 Å². The average Bonchev–Trinajstić information content (AvgIpc) is 2.82. The number of aromatic nitrogens is 3. The van der Waals surface area contributed by atoms with Crippen LogP contribution >= 0.6 is 0 Å². The smallest absolute Gasteiger partial charge is 0.335 e. The molecule has 0 aliphatic rings. The zero-order chi connectivity index (χ0) is 26.4. The van der Waals surface area contributed by atoms with Crippen molar-refractivity contribution in [3.63, 3.8) is 0 Å². The van der Waals surface area contributed by atoms with Gasteiger partial charge in [0.1, 0.15) is 0 Å². The number of hydrogen-bond donors (Lipinski definition) is 8. The van der Waals surface area contributed by atoms with E-state index in [0.29, 0.717) is 0 Å². The fourth-order valence-corrected chi connectivity index (χ4v) is 2.90. The number of anilines is 5. The van der Waals surface area contributed by atoms with Crippen molar-refractivity contribution in [3.8, 4) is 0 Å². The molecule has 1 heterocycles. The molecule has 0 unspecified atom stereocenters. The van der Waals surface area contributed by atoms with Crippen LogP contribution in [-0.4, -0.2) is 72.3 Å². The molecule has 1 aromatic heterocycles.